The van der Waals surface area contributed by atoms with Crippen LogP contribution in [0.3, 0.4) is 0 Å². The van der Waals surface area contributed by atoms with Crippen molar-refractivity contribution in [1.82, 2.24) is 10.3 Å². The van der Waals surface area contributed by atoms with Gasteiger partial charge in [-0.2, -0.15) is 0 Å². The second-order valence-corrected chi connectivity index (χ2v) is 7.55. The summed E-state index contributed by atoms with van der Waals surface area (Å²) in [5.74, 6) is 1.55. The summed E-state index contributed by atoms with van der Waals surface area (Å²) in [6.45, 7) is 7.01. The Morgan fingerprint density at radius 3 is 2.60 bits per heavy atom. The lowest BCUT2D eigenvalue weighted by Crippen LogP contribution is -2.25. The predicted octanol–water partition coefficient (Wildman–Crippen LogP) is 5.50. The van der Waals surface area contributed by atoms with E-state index < -0.39 is 0 Å². The first-order chi connectivity index (χ1) is 14.8. The molecular formula is C26H26N2O2. The molecule has 30 heavy (non-hydrogen) atoms. The minimum absolute atomic E-state index is 0.598. The maximum atomic E-state index is 5.87. The van der Waals surface area contributed by atoms with Gasteiger partial charge in [0.25, 0.3) is 0 Å². The summed E-state index contributed by atoms with van der Waals surface area (Å²) in [4.78, 5) is 5.15. The van der Waals surface area contributed by atoms with Crippen LogP contribution in [0, 0.1) is 0 Å². The Bertz CT molecular complexity index is 1230. The Hall–Kier alpha value is -3.11. The highest BCUT2D eigenvalue weighted by molar-refractivity contribution is 6.09. The zero-order valence-electron chi connectivity index (χ0n) is 17.5. The zero-order chi connectivity index (χ0) is 20.5. The van der Waals surface area contributed by atoms with Crippen LogP contribution >= 0.6 is 0 Å². The summed E-state index contributed by atoms with van der Waals surface area (Å²) in [6, 6.07) is 19.1. The van der Waals surface area contributed by atoms with E-state index in [2.05, 4.69) is 53.8 Å². The fourth-order valence-electron chi connectivity index (χ4n) is 4.48. The van der Waals surface area contributed by atoms with Crippen molar-refractivity contribution in [2.45, 2.75) is 26.8 Å². The van der Waals surface area contributed by atoms with Gasteiger partial charge in [-0.15, -0.1) is 0 Å². The van der Waals surface area contributed by atoms with Crippen molar-refractivity contribution in [2.75, 3.05) is 19.8 Å². The molecule has 4 nitrogen and oxygen atoms in total. The number of hydrogen-bond acceptors (Lipinski definition) is 4. The van der Waals surface area contributed by atoms with E-state index in [1.807, 2.05) is 19.9 Å². The molecule has 5 rings (SSSR count). The molecule has 1 aromatic heterocycles. The first-order valence-corrected chi connectivity index (χ1v) is 10.7. The van der Waals surface area contributed by atoms with Crippen LogP contribution in [0.2, 0.25) is 0 Å². The van der Waals surface area contributed by atoms with E-state index in [1.54, 1.807) is 0 Å². The molecule has 4 aromatic rings. The molecule has 0 spiro atoms. The lowest BCUT2D eigenvalue weighted by molar-refractivity contribution is 0.288. The van der Waals surface area contributed by atoms with E-state index in [0.29, 0.717) is 13.2 Å². The number of benzene rings is 3. The van der Waals surface area contributed by atoms with Gasteiger partial charge in [0.05, 0.1) is 24.4 Å². The van der Waals surface area contributed by atoms with Gasteiger partial charge in [-0.25, -0.2) is 4.98 Å². The van der Waals surface area contributed by atoms with Crippen molar-refractivity contribution in [2.24, 2.45) is 0 Å². The average Bonchev–Trinajstić information content (AvgIpc) is 2.79. The Morgan fingerprint density at radius 1 is 0.900 bits per heavy atom. The molecule has 0 saturated carbocycles. The third-order valence-electron chi connectivity index (χ3n) is 5.76. The van der Waals surface area contributed by atoms with Gasteiger partial charge < -0.3 is 14.8 Å². The Labute approximate surface area is 176 Å². The van der Waals surface area contributed by atoms with Gasteiger partial charge in [-0.1, -0.05) is 30.3 Å². The maximum absolute atomic E-state index is 5.87. The molecule has 1 aliphatic heterocycles. The first-order valence-electron chi connectivity index (χ1n) is 10.7. The second-order valence-electron chi connectivity index (χ2n) is 7.55. The summed E-state index contributed by atoms with van der Waals surface area (Å²) < 4.78 is 11.6. The number of nitrogens with zero attached hydrogens (tertiary/aromatic N) is 1. The van der Waals surface area contributed by atoms with E-state index >= 15 is 0 Å². The van der Waals surface area contributed by atoms with Gasteiger partial charge in [-0.3, -0.25) is 0 Å². The summed E-state index contributed by atoms with van der Waals surface area (Å²) in [6.07, 6.45) is 1.00. The van der Waals surface area contributed by atoms with Gasteiger partial charge in [-0.05, 0) is 73.0 Å². The number of rotatable bonds is 5. The number of nitrogens with one attached hydrogen (secondary N) is 1. The van der Waals surface area contributed by atoms with Gasteiger partial charge in [0.15, 0.2) is 11.5 Å². The van der Waals surface area contributed by atoms with Crippen LogP contribution in [0.25, 0.3) is 32.9 Å². The van der Waals surface area contributed by atoms with Crippen LogP contribution in [0.15, 0.2) is 54.6 Å². The molecule has 0 fully saturated rings. The molecule has 1 aliphatic rings. The van der Waals surface area contributed by atoms with Crippen LogP contribution in [-0.2, 0) is 13.0 Å². The highest BCUT2D eigenvalue weighted by atomic mass is 16.5. The maximum Gasteiger partial charge on any atom is 0.161 e. The number of fused-ring (bicyclic) bond motifs is 5. The molecule has 1 N–H and O–H groups in total. The molecule has 0 saturated heterocycles. The Kier molecular flexibility index (Phi) is 5.01. The number of pyridine rings is 1. The van der Waals surface area contributed by atoms with Crippen molar-refractivity contribution in [1.29, 1.82) is 0 Å². The van der Waals surface area contributed by atoms with Crippen molar-refractivity contribution in [3.63, 3.8) is 0 Å². The van der Waals surface area contributed by atoms with Crippen LogP contribution in [0.4, 0.5) is 0 Å². The summed E-state index contributed by atoms with van der Waals surface area (Å²) in [5.41, 5.74) is 5.85. The summed E-state index contributed by atoms with van der Waals surface area (Å²) in [5, 5.41) is 7.38. The molecular weight excluding hydrogens is 372 g/mol. The standard InChI is InChI=1S/C26H26N2O2/c1-3-29-23-12-10-18(15-24(23)30-4-2)26-21-16-27-14-13-20(21)25-19-8-6-5-7-17(19)9-11-22(25)28-26/h5-12,15,27H,3-4,13-14,16H2,1-2H3. The molecule has 0 aliphatic carbocycles. The molecule has 0 bridgehead atoms. The van der Waals surface area contributed by atoms with E-state index in [9.17, 15) is 0 Å². The zero-order valence-corrected chi connectivity index (χ0v) is 17.5. The quantitative estimate of drug-likeness (QED) is 0.451. The fourth-order valence-corrected chi connectivity index (χ4v) is 4.48. The van der Waals surface area contributed by atoms with Crippen LogP contribution < -0.4 is 14.8 Å². The summed E-state index contributed by atoms with van der Waals surface area (Å²) >= 11 is 0. The Morgan fingerprint density at radius 2 is 1.73 bits per heavy atom. The first kappa shape index (κ1) is 18.9. The van der Waals surface area contributed by atoms with E-state index in [4.69, 9.17) is 14.5 Å². The lowest BCUT2D eigenvalue weighted by Gasteiger charge is -2.23. The average molecular weight is 399 g/mol. The van der Waals surface area contributed by atoms with E-state index in [0.717, 1.165) is 47.8 Å². The van der Waals surface area contributed by atoms with Crippen LogP contribution in [-0.4, -0.2) is 24.7 Å². The third-order valence-corrected chi connectivity index (χ3v) is 5.76. The molecule has 3 aromatic carbocycles. The molecule has 2 heterocycles. The molecule has 0 amide bonds. The molecule has 4 heteroatoms. The van der Waals surface area contributed by atoms with Gasteiger partial charge in [0.1, 0.15) is 0 Å². The van der Waals surface area contributed by atoms with Crippen molar-refractivity contribution >= 4 is 21.7 Å². The molecule has 0 unspecified atom stereocenters. The van der Waals surface area contributed by atoms with Gasteiger partial charge in [0, 0.05) is 17.5 Å². The number of hydrogen-bond donors (Lipinski definition) is 1. The van der Waals surface area contributed by atoms with E-state index in [-0.39, 0.29) is 0 Å². The monoisotopic (exact) mass is 398 g/mol. The molecule has 0 radical (unpaired) electrons. The normalized spacial score (nSPS) is 13.4. The third kappa shape index (κ3) is 3.17. The lowest BCUT2D eigenvalue weighted by atomic mass is 9.90. The van der Waals surface area contributed by atoms with Gasteiger partial charge in [0.2, 0.25) is 0 Å². The minimum atomic E-state index is 0.598. The smallest absolute Gasteiger partial charge is 0.161 e. The number of ether oxygens (including phenoxy) is 2. The fraction of sp³-hybridized carbons (Fsp3) is 0.269. The Balaban J connectivity index is 1.76. The van der Waals surface area contributed by atoms with E-state index in [1.165, 1.54) is 27.3 Å². The highest BCUT2D eigenvalue weighted by Gasteiger charge is 2.21. The molecule has 152 valence electrons. The molecule has 0 atom stereocenters. The van der Waals surface area contributed by atoms with Gasteiger partial charge >= 0.3 is 0 Å². The topological polar surface area (TPSA) is 43.4 Å². The SMILES string of the molecule is CCOc1ccc(-c2nc3ccc4ccccc4c3c3c2CNCC3)cc1OCC. The van der Waals surface area contributed by atoms with Crippen molar-refractivity contribution in [3.05, 3.63) is 65.7 Å². The minimum Gasteiger partial charge on any atom is -0.490 e. The summed E-state index contributed by atoms with van der Waals surface area (Å²) in [7, 11) is 0. The second kappa shape index (κ2) is 7.96. The van der Waals surface area contributed by atoms with Crippen molar-refractivity contribution in [3.8, 4) is 22.8 Å². The van der Waals surface area contributed by atoms with Crippen LogP contribution in [0.5, 0.6) is 11.5 Å². The number of aromatic nitrogens is 1. The highest BCUT2D eigenvalue weighted by Crippen LogP contribution is 2.38. The van der Waals surface area contributed by atoms with Crippen molar-refractivity contribution < 1.29 is 9.47 Å². The van der Waals surface area contributed by atoms with Crippen LogP contribution in [0.1, 0.15) is 25.0 Å². The largest absolute Gasteiger partial charge is 0.490 e. The predicted molar refractivity (Wildman–Crippen MR) is 122 cm³/mol.